The number of fused-ring (bicyclic) bond motifs is 1. The third kappa shape index (κ3) is 4.97. The van der Waals surface area contributed by atoms with Crippen molar-refractivity contribution in [2.75, 3.05) is 5.32 Å². The van der Waals surface area contributed by atoms with E-state index in [1.165, 1.54) is 11.3 Å². The lowest BCUT2D eigenvalue weighted by molar-refractivity contribution is 0.0975. The molecule has 3 rings (SSSR count). The van der Waals surface area contributed by atoms with Gasteiger partial charge < -0.3 is 11.1 Å². The number of nitrogens with two attached hydrogens (primary N) is 1. The van der Waals surface area contributed by atoms with Crippen LogP contribution in [0.4, 0.5) is 5.00 Å². The highest BCUT2D eigenvalue weighted by Crippen LogP contribution is 2.44. The fraction of sp³-hybridized carbons (Fsp3) is 0.381. The van der Waals surface area contributed by atoms with E-state index in [0.29, 0.717) is 27.1 Å². The zero-order valence-electron chi connectivity index (χ0n) is 16.6. The highest BCUT2D eigenvalue weighted by atomic mass is 35.5. The van der Waals surface area contributed by atoms with E-state index < -0.39 is 5.91 Å². The largest absolute Gasteiger partial charge is 0.365 e. The third-order valence-electron chi connectivity index (χ3n) is 5.28. The quantitative estimate of drug-likeness (QED) is 0.589. The number of halogens is 1. The molecule has 0 aliphatic heterocycles. The monoisotopic (exact) mass is 449 g/mol. The summed E-state index contributed by atoms with van der Waals surface area (Å²) >= 11 is 12.7. The van der Waals surface area contributed by atoms with E-state index in [0.717, 1.165) is 29.7 Å². The summed E-state index contributed by atoms with van der Waals surface area (Å²) in [5.41, 5.74) is 7.76. The molecule has 5 nitrogen and oxygen atoms in total. The molecule has 0 saturated carbocycles. The SMILES string of the molecule is CC(C)(C)[C@@H]1CCc2c(sc(NC(=S)NC(=O)c3cccc(Cl)c3)c2C(N)=O)C1. The second kappa shape index (κ2) is 8.42. The Balaban J connectivity index is 1.79. The highest BCUT2D eigenvalue weighted by molar-refractivity contribution is 7.80. The van der Waals surface area contributed by atoms with Gasteiger partial charge in [0.05, 0.1) is 5.56 Å². The predicted molar refractivity (Wildman–Crippen MR) is 123 cm³/mol. The van der Waals surface area contributed by atoms with Crippen LogP contribution in [-0.4, -0.2) is 16.9 Å². The molecule has 4 N–H and O–H groups in total. The molecule has 2 aromatic rings. The standard InChI is InChI=1S/C21H24ClN3O2S2/c1-21(2,3)12-7-8-14-15(10-12)29-19(16(14)17(23)26)25-20(28)24-18(27)11-5-4-6-13(22)9-11/h4-6,9,12H,7-8,10H2,1-3H3,(H2,23,26)(H2,24,25,27,28)/t12-/m1/s1. The van der Waals surface area contributed by atoms with Crippen LogP contribution >= 0.6 is 35.2 Å². The van der Waals surface area contributed by atoms with Gasteiger partial charge in [-0.3, -0.25) is 14.9 Å². The Bertz CT molecular complexity index is 979. The maximum atomic E-state index is 12.4. The maximum absolute atomic E-state index is 12.4. The van der Waals surface area contributed by atoms with Crippen LogP contribution < -0.4 is 16.4 Å². The summed E-state index contributed by atoms with van der Waals surface area (Å²) in [7, 11) is 0. The van der Waals surface area contributed by atoms with E-state index in [2.05, 4.69) is 31.4 Å². The van der Waals surface area contributed by atoms with Crippen LogP contribution in [0.5, 0.6) is 0 Å². The Morgan fingerprint density at radius 2 is 2.03 bits per heavy atom. The summed E-state index contributed by atoms with van der Waals surface area (Å²) in [4.78, 5) is 25.7. The smallest absolute Gasteiger partial charge is 0.257 e. The number of rotatable bonds is 3. The molecule has 0 spiro atoms. The summed E-state index contributed by atoms with van der Waals surface area (Å²) in [6.07, 6.45) is 2.74. The first-order valence-corrected chi connectivity index (χ1v) is 11.0. The zero-order valence-corrected chi connectivity index (χ0v) is 19.0. The first kappa shape index (κ1) is 21.7. The molecular formula is C21H24ClN3O2S2. The molecule has 2 amide bonds. The Labute approximate surface area is 185 Å². The summed E-state index contributed by atoms with van der Waals surface area (Å²) in [5, 5.41) is 6.80. The number of hydrogen-bond donors (Lipinski definition) is 3. The number of anilines is 1. The van der Waals surface area contributed by atoms with Gasteiger partial charge in [-0.25, -0.2) is 0 Å². The third-order valence-corrected chi connectivity index (χ3v) is 6.89. The topological polar surface area (TPSA) is 84.2 Å². The summed E-state index contributed by atoms with van der Waals surface area (Å²) in [6, 6.07) is 6.59. The van der Waals surface area contributed by atoms with Crippen LogP contribution in [0.1, 0.15) is 58.3 Å². The van der Waals surface area contributed by atoms with E-state index in [4.69, 9.17) is 29.6 Å². The van der Waals surface area contributed by atoms with Gasteiger partial charge in [0, 0.05) is 15.5 Å². The van der Waals surface area contributed by atoms with Crippen molar-refractivity contribution >= 4 is 57.1 Å². The highest BCUT2D eigenvalue weighted by Gasteiger charge is 2.33. The van der Waals surface area contributed by atoms with Crippen molar-refractivity contribution in [2.24, 2.45) is 17.1 Å². The Morgan fingerprint density at radius 3 is 2.66 bits per heavy atom. The van der Waals surface area contributed by atoms with Gasteiger partial charge in [0.25, 0.3) is 11.8 Å². The van der Waals surface area contributed by atoms with Crippen LogP contribution in [0.2, 0.25) is 5.02 Å². The number of primary amides is 1. The van der Waals surface area contributed by atoms with Crippen LogP contribution in [0.3, 0.4) is 0 Å². The minimum atomic E-state index is -0.483. The molecule has 154 valence electrons. The number of benzene rings is 1. The first-order valence-electron chi connectivity index (χ1n) is 9.38. The number of hydrogen-bond acceptors (Lipinski definition) is 4. The van der Waals surface area contributed by atoms with E-state index in [9.17, 15) is 9.59 Å². The lowest BCUT2D eigenvalue weighted by Crippen LogP contribution is -2.34. The molecule has 0 unspecified atom stereocenters. The number of thiophene rings is 1. The van der Waals surface area contributed by atoms with Crippen molar-refractivity contribution in [1.29, 1.82) is 0 Å². The van der Waals surface area contributed by atoms with Crippen LogP contribution in [0.25, 0.3) is 0 Å². The fourth-order valence-corrected chi connectivity index (χ4v) is 5.40. The van der Waals surface area contributed by atoms with Gasteiger partial charge in [0.2, 0.25) is 0 Å². The lowest BCUT2D eigenvalue weighted by atomic mass is 9.72. The Kier molecular flexibility index (Phi) is 6.31. The molecule has 1 aromatic carbocycles. The molecule has 0 fully saturated rings. The van der Waals surface area contributed by atoms with E-state index in [1.807, 2.05) is 0 Å². The molecular weight excluding hydrogens is 426 g/mol. The average molecular weight is 450 g/mol. The van der Waals surface area contributed by atoms with E-state index in [-0.39, 0.29) is 16.4 Å². The molecule has 8 heteroatoms. The summed E-state index contributed by atoms with van der Waals surface area (Å²) < 4.78 is 0. The number of thiocarbonyl (C=S) groups is 1. The molecule has 0 saturated heterocycles. The van der Waals surface area contributed by atoms with Gasteiger partial charge in [-0.2, -0.15) is 0 Å². The van der Waals surface area contributed by atoms with Gasteiger partial charge in [-0.05, 0) is 66.6 Å². The molecule has 0 radical (unpaired) electrons. The lowest BCUT2D eigenvalue weighted by Gasteiger charge is -2.33. The van der Waals surface area contributed by atoms with Gasteiger partial charge >= 0.3 is 0 Å². The minimum absolute atomic E-state index is 0.114. The summed E-state index contributed by atoms with van der Waals surface area (Å²) in [5.74, 6) is -0.320. The molecule has 1 aromatic heterocycles. The summed E-state index contributed by atoms with van der Waals surface area (Å²) in [6.45, 7) is 6.72. The van der Waals surface area contributed by atoms with Crippen LogP contribution in [0.15, 0.2) is 24.3 Å². The molecule has 1 aliphatic rings. The first-order chi connectivity index (χ1) is 13.6. The minimum Gasteiger partial charge on any atom is -0.365 e. The van der Waals surface area contributed by atoms with Gasteiger partial charge in [-0.1, -0.05) is 38.4 Å². The number of carbonyl (C=O) groups is 2. The van der Waals surface area contributed by atoms with Crippen LogP contribution in [0, 0.1) is 11.3 Å². The average Bonchev–Trinajstić information content (AvgIpc) is 2.97. The Hall–Kier alpha value is -1.96. The van der Waals surface area contributed by atoms with E-state index in [1.54, 1.807) is 24.3 Å². The van der Waals surface area contributed by atoms with Gasteiger partial charge in [-0.15, -0.1) is 11.3 Å². The van der Waals surface area contributed by atoms with Crippen LogP contribution in [-0.2, 0) is 12.8 Å². The zero-order chi connectivity index (χ0) is 21.3. The molecule has 1 aliphatic carbocycles. The van der Waals surface area contributed by atoms with Gasteiger partial charge in [0.1, 0.15) is 5.00 Å². The molecule has 0 bridgehead atoms. The number of carbonyl (C=O) groups excluding carboxylic acids is 2. The maximum Gasteiger partial charge on any atom is 0.257 e. The Morgan fingerprint density at radius 1 is 1.31 bits per heavy atom. The predicted octanol–water partition coefficient (Wildman–Crippen LogP) is 4.78. The molecule has 1 heterocycles. The number of nitrogens with one attached hydrogen (secondary N) is 2. The van der Waals surface area contributed by atoms with Crippen molar-refractivity contribution in [3.8, 4) is 0 Å². The van der Waals surface area contributed by atoms with Gasteiger partial charge in [0.15, 0.2) is 5.11 Å². The number of amides is 2. The van der Waals surface area contributed by atoms with Crippen molar-refractivity contribution in [3.63, 3.8) is 0 Å². The normalized spacial score (nSPS) is 16.1. The second-order valence-electron chi connectivity index (χ2n) is 8.30. The fourth-order valence-electron chi connectivity index (χ4n) is 3.61. The van der Waals surface area contributed by atoms with Crippen molar-refractivity contribution in [1.82, 2.24) is 5.32 Å². The van der Waals surface area contributed by atoms with E-state index >= 15 is 0 Å². The van der Waals surface area contributed by atoms with Crippen molar-refractivity contribution in [2.45, 2.75) is 40.0 Å². The molecule has 1 atom stereocenters. The second-order valence-corrected chi connectivity index (χ2v) is 10.2. The van der Waals surface area contributed by atoms with Crippen molar-refractivity contribution < 1.29 is 9.59 Å². The van der Waals surface area contributed by atoms with Crippen molar-refractivity contribution in [3.05, 3.63) is 50.9 Å². The molecule has 29 heavy (non-hydrogen) atoms.